The maximum Gasteiger partial charge on any atom is 0.394 e. The first-order valence-electron chi connectivity index (χ1n) is 8.46. The highest BCUT2D eigenvalue weighted by Gasteiger charge is 2.53. The Morgan fingerprint density at radius 1 is 1.21 bits per heavy atom. The van der Waals surface area contributed by atoms with Gasteiger partial charge in [0.05, 0.1) is 11.8 Å². The average Bonchev–Trinajstić information content (AvgIpc) is 2.80. The molecule has 24 heavy (non-hydrogen) atoms. The number of likely N-dealkylation sites (tertiary alicyclic amines) is 1. The molecule has 0 bridgehead atoms. The molecule has 1 aliphatic heterocycles. The first-order chi connectivity index (χ1) is 10.9. The molecular formula is C17H26F3NO3. The number of carbonyl (C=O) groups excluding carboxylic acids is 1. The fraction of sp³-hybridized carbons (Fsp3) is 0.882. The van der Waals surface area contributed by atoms with Crippen LogP contribution in [-0.2, 0) is 9.59 Å². The predicted octanol–water partition coefficient (Wildman–Crippen LogP) is 3.56. The third-order valence-electron chi connectivity index (χ3n) is 5.35. The minimum Gasteiger partial charge on any atom is -0.481 e. The van der Waals surface area contributed by atoms with Gasteiger partial charge in [-0.25, -0.2) is 0 Å². The van der Waals surface area contributed by atoms with Gasteiger partial charge in [-0.15, -0.1) is 0 Å². The monoisotopic (exact) mass is 349 g/mol. The summed E-state index contributed by atoms with van der Waals surface area (Å²) in [7, 11) is 0. The molecule has 2 fully saturated rings. The van der Waals surface area contributed by atoms with Crippen molar-refractivity contribution in [1.82, 2.24) is 4.90 Å². The van der Waals surface area contributed by atoms with Gasteiger partial charge in [-0.3, -0.25) is 9.59 Å². The van der Waals surface area contributed by atoms with Gasteiger partial charge in [0.15, 0.2) is 0 Å². The van der Waals surface area contributed by atoms with E-state index in [1.165, 1.54) is 0 Å². The van der Waals surface area contributed by atoms with Crippen molar-refractivity contribution in [2.24, 2.45) is 29.1 Å². The summed E-state index contributed by atoms with van der Waals surface area (Å²) in [4.78, 5) is 24.6. The third-order valence-corrected chi connectivity index (χ3v) is 5.35. The van der Waals surface area contributed by atoms with Gasteiger partial charge >= 0.3 is 12.1 Å². The largest absolute Gasteiger partial charge is 0.481 e. The van der Waals surface area contributed by atoms with Crippen LogP contribution in [0.25, 0.3) is 0 Å². The van der Waals surface area contributed by atoms with E-state index in [9.17, 15) is 22.8 Å². The van der Waals surface area contributed by atoms with Crippen molar-refractivity contribution in [3.63, 3.8) is 0 Å². The summed E-state index contributed by atoms with van der Waals surface area (Å²) in [6, 6.07) is 0. The molecule has 0 aromatic carbocycles. The molecule has 1 saturated heterocycles. The quantitative estimate of drug-likeness (QED) is 0.847. The van der Waals surface area contributed by atoms with Crippen molar-refractivity contribution in [2.45, 2.75) is 52.6 Å². The minimum atomic E-state index is -4.60. The summed E-state index contributed by atoms with van der Waals surface area (Å²) >= 11 is 0. The zero-order chi connectivity index (χ0) is 18.3. The summed E-state index contributed by atoms with van der Waals surface area (Å²) in [5, 5.41) is 9.03. The van der Waals surface area contributed by atoms with Crippen LogP contribution in [0.2, 0.25) is 0 Å². The molecule has 2 unspecified atom stereocenters. The topological polar surface area (TPSA) is 57.6 Å². The van der Waals surface area contributed by atoms with Crippen LogP contribution < -0.4 is 0 Å². The van der Waals surface area contributed by atoms with E-state index in [2.05, 4.69) is 20.8 Å². The molecule has 0 aromatic rings. The number of amides is 1. The zero-order valence-electron chi connectivity index (χ0n) is 14.4. The van der Waals surface area contributed by atoms with E-state index in [4.69, 9.17) is 5.11 Å². The van der Waals surface area contributed by atoms with Crippen molar-refractivity contribution in [1.29, 1.82) is 0 Å². The lowest BCUT2D eigenvalue weighted by molar-refractivity contribution is -0.188. The number of halogens is 3. The predicted molar refractivity (Wildman–Crippen MR) is 82.2 cm³/mol. The Balaban J connectivity index is 2.01. The smallest absolute Gasteiger partial charge is 0.394 e. The number of carboxylic acid groups (broad SMARTS) is 1. The van der Waals surface area contributed by atoms with Crippen LogP contribution in [0.5, 0.6) is 0 Å². The van der Waals surface area contributed by atoms with E-state index in [-0.39, 0.29) is 30.2 Å². The van der Waals surface area contributed by atoms with Crippen LogP contribution in [0.3, 0.4) is 0 Å². The summed E-state index contributed by atoms with van der Waals surface area (Å²) in [6.45, 7) is 5.55. The molecule has 1 N–H and O–H groups in total. The summed E-state index contributed by atoms with van der Waals surface area (Å²) in [6.07, 6.45) is -1.53. The van der Waals surface area contributed by atoms with Gasteiger partial charge in [-0.2, -0.15) is 13.2 Å². The molecule has 4 atom stereocenters. The Morgan fingerprint density at radius 3 is 2.29 bits per heavy atom. The van der Waals surface area contributed by atoms with Gasteiger partial charge in [0, 0.05) is 19.5 Å². The maximum absolute atomic E-state index is 13.0. The summed E-state index contributed by atoms with van der Waals surface area (Å²) < 4.78 is 39.1. The van der Waals surface area contributed by atoms with Crippen LogP contribution in [0.1, 0.15) is 46.5 Å². The van der Waals surface area contributed by atoms with E-state index in [0.717, 1.165) is 24.2 Å². The number of nitrogens with zero attached hydrogens (tertiary/aromatic N) is 1. The molecule has 4 nitrogen and oxygen atoms in total. The van der Waals surface area contributed by atoms with Gasteiger partial charge in [0.1, 0.15) is 0 Å². The molecule has 1 aliphatic carbocycles. The molecule has 1 saturated carbocycles. The highest BCUT2D eigenvalue weighted by Crippen LogP contribution is 2.43. The second kappa shape index (κ2) is 6.56. The van der Waals surface area contributed by atoms with E-state index in [1.807, 2.05) is 0 Å². The second-order valence-electron chi connectivity index (χ2n) is 8.38. The number of aliphatic carboxylic acids is 1. The fourth-order valence-electron chi connectivity index (χ4n) is 4.66. The molecule has 0 spiro atoms. The number of hydrogen-bond acceptors (Lipinski definition) is 2. The number of rotatable bonds is 3. The number of carbonyl (C=O) groups is 2. The van der Waals surface area contributed by atoms with Crippen LogP contribution >= 0.6 is 0 Å². The molecule has 1 amide bonds. The Hall–Kier alpha value is -1.27. The first kappa shape index (κ1) is 19.1. The molecule has 138 valence electrons. The van der Waals surface area contributed by atoms with Crippen molar-refractivity contribution in [2.75, 3.05) is 13.1 Å². The van der Waals surface area contributed by atoms with Crippen LogP contribution in [0.15, 0.2) is 0 Å². The standard InChI is InChI=1S/C17H26F3NO3/c1-10-4-11(7-16(2,3)6-10)5-14(22)21-8-12(15(23)24)13(9-21)17(18,19)20/h10-13H,4-9H2,1-3H3,(H,23,24)/t10?,11?,12-,13-/m1/s1. The minimum absolute atomic E-state index is 0.131. The summed E-state index contributed by atoms with van der Waals surface area (Å²) in [5.74, 6) is -4.72. The van der Waals surface area contributed by atoms with E-state index < -0.39 is 30.5 Å². The maximum atomic E-state index is 13.0. The van der Waals surface area contributed by atoms with Crippen LogP contribution in [0, 0.1) is 29.1 Å². The first-order valence-corrected chi connectivity index (χ1v) is 8.46. The Kier molecular flexibility index (Phi) is 5.21. The van der Waals surface area contributed by atoms with Gasteiger partial charge in [-0.1, -0.05) is 20.8 Å². The highest BCUT2D eigenvalue weighted by molar-refractivity contribution is 5.79. The van der Waals surface area contributed by atoms with Crippen molar-refractivity contribution in [3.05, 3.63) is 0 Å². The van der Waals surface area contributed by atoms with Gasteiger partial charge in [-0.05, 0) is 36.5 Å². The summed E-state index contributed by atoms with van der Waals surface area (Å²) in [5.41, 5.74) is 0.131. The lowest BCUT2D eigenvalue weighted by Crippen LogP contribution is -2.35. The fourth-order valence-corrected chi connectivity index (χ4v) is 4.66. The van der Waals surface area contributed by atoms with Gasteiger partial charge in [0.2, 0.25) is 5.91 Å². The molecule has 0 aromatic heterocycles. The lowest BCUT2D eigenvalue weighted by Gasteiger charge is -2.39. The van der Waals surface area contributed by atoms with Gasteiger partial charge < -0.3 is 10.0 Å². The van der Waals surface area contributed by atoms with Crippen LogP contribution in [0.4, 0.5) is 13.2 Å². The van der Waals surface area contributed by atoms with Crippen molar-refractivity contribution < 1.29 is 27.9 Å². The average molecular weight is 349 g/mol. The number of hydrogen-bond donors (Lipinski definition) is 1. The van der Waals surface area contributed by atoms with Crippen LogP contribution in [-0.4, -0.2) is 41.1 Å². The van der Waals surface area contributed by atoms with Crippen molar-refractivity contribution in [3.8, 4) is 0 Å². The SMILES string of the molecule is CC1CC(CC(=O)N2C[C@@H](C(F)(F)F)[C@H](C(=O)O)C2)CC(C)(C)C1. The normalized spacial score (nSPS) is 33.5. The highest BCUT2D eigenvalue weighted by atomic mass is 19.4. The number of alkyl halides is 3. The zero-order valence-corrected chi connectivity index (χ0v) is 14.4. The third kappa shape index (κ3) is 4.42. The molecule has 2 rings (SSSR count). The molecule has 2 aliphatic rings. The van der Waals surface area contributed by atoms with Crippen molar-refractivity contribution >= 4 is 11.9 Å². The molecule has 7 heteroatoms. The Morgan fingerprint density at radius 2 is 1.83 bits per heavy atom. The van der Waals surface area contributed by atoms with E-state index in [0.29, 0.717) is 5.92 Å². The molecule has 1 heterocycles. The molecule has 0 radical (unpaired) electrons. The Labute approximate surface area is 140 Å². The van der Waals surface area contributed by atoms with E-state index >= 15 is 0 Å². The molecular weight excluding hydrogens is 323 g/mol. The Bertz CT molecular complexity index is 504. The van der Waals surface area contributed by atoms with E-state index in [1.54, 1.807) is 0 Å². The number of carboxylic acids is 1. The van der Waals surface area contributed by atoms with Gasteiger partial charge in [0.25, 0.3) is 0 Å². The lowest BCUT2D eigenvalue weighted by atomic mass is 9.67. The second-order valence-corrected chi connectivity index (χ2v) is 8.38.